The maximum Gasteiger partial charge on any atom is 0.260 e. The molecule has 2 heterocycles. The molecule has 1 aromatic rings. The molecule has 0 aliphatic carbocycles. The average Bonchev–Trinajstić information content (AvgIpc) is 3.06. The number of hydrogen-bond donors (Lipinski definition) is 1. The minimum absolute atomic E-state index is 0. The maximum atomic E-state index is 12.6. The number of anilines is 1. The third kappa shape index (κ3) is 4.68. The van der Waals surface area contributed by atoms with Crippen LogP contribution in [0, 0.1) is 0 Å². The second-order valence-corrected chi connectivity index (χ2v) is 6.94. The van der Waals surface area contributed by atoms with Crippen LogP contribution in [0.1, 0.15) is 39.0 Å². The van der Waals surface area contributed by atoms with Crippen molar-refractivity contribution in [3.05, 3.63) is 24.3 Å². The lowest BCUT2D eigenvalue weighted by molar-refractivity contribution is -0.137. The van der Waals surface area contributed by atoms with Gasteiger partial charge in [0.1, 0.15) is 5.75 Å². The quantitative estimate of drug-likeness (QED) is 0.849. The summed E-state index contributed by atoms with van der Waals surface area (Å²) in [7, 11) is 0. The van der Waals surface area contributed by atoms with E-state index in [9.17, 15) is 9.59 Å². The van der Waals surface area contributed by atoms with Gasteiger partial charge in [-0.25, -0.2) is 0 Å². The van der Waals surface area contributed by atoms with Crippen LogP contribution < -0.4 is 15.4 Å². The van der Waals surface area contributed by atoms with Crippen LogP contribution >= 0.6 is 12.4 Å². The Bertz CT molecular complexity index is 638. The summed E-state index contributed by atoms with van der Waals surface area (Å²) >= 11 is 0. The molecule has 0 radical (unpaired) electrons. The molecule has 2 N–H and O–H groups in total. The van der Waals surface area contributed by atoms with Crippen LogP contribution in [0.4, 0.5) is 5.69 Å². The van der Waals surface area contributed by atoms with E-state index in [0.29, 0.717) is 12.2 Å². The molecule has 6 nitrogen and oxygen atoms in total. The highest BCUT2D eigenvalue weighted by molar-refractivity contribution is 5.95. The van der Waals surface area contributed by atoms with Crippen LogP contribution in [-0.2, 0) is 9.59 Å². The Morgan fingerprint density at radius 1 is 1.31 bits per heavy atom. The first-order valence-corrected chi connectivity index (χ1v) is 9.14. The number of carbonyl (C=O) groups is 2. The molecule has 1 aromatic carbocycles. The second-order valence-electron chi connectivity index (χ2n) is 6.94. The number of halogens is 1. The monoisotopic (exact) mass is 381 g/mol. The third-order valence-corrected chi connectivity index (χ3v) is 5.04. The molecule has 0 aromatic heterocycles. The number of hydrogen-bond acceptors (Lipinski definition) is 4. The fraction of sp³-hybridized carbons (Fsp3) is 0.579. The van der Waals surface area contributed by atoms with Gasteiger partial charge >= 0.3 is 0 Å². The summed E-state index contributed by atoms with van der Waals surface area (Å²) in [6.07, 6.45) is 4.56. The van der Waals surface area contributed by atoms with E-state index in [4.69, 9.17) is 10.5 Å². The number of nitrogens with two attached hydrogens (primary N) is 1. The van der Waals surface area contributed by atoms with Crippen LogP contribution in [-0.4, -0.2) is 48.5 Å². The largest absolute Gasteiger partial charge is 0.484 e. The van der Waals surface area contributed by atoms with Crippen molar-refractivity contribution in [2.45, 2.75) is 51.1 Å². The Morgan fingerprint density at radius 3 is 2.81 bits per heavy atom. The molecule has 3 rings (SSSR count). The average molecular weight is 382 g/mol. The normalized spacial score (nSPS) is 21.3. The number of ether oxygens (including phenoxy) is 1. The number of amides is 2. The summed E-state index contributed by atoms with van der Waals surface area (Å²) in [5.74, 6) is 0.728. The number of piperidine rings is 1. The molecular weight excluding hydrogens is 354 g/mol. The van der Waals surface area contributed by atoms with Gasteiger partial charge < -0.3 is 20.3 Å². The van der Waals surface area contributed by atoms with E-state index in [0.717, 1.165) is 44.5 Å². The molecule has 2 saturated heterocycles. The number of nitrogens with zero attached hydrogens (tertiary/aromatic N) is 2. The smallest absolute Gasteiger partial charge is 0.260 e. The van der Waals surface area contributed by atoms with E-state index in [-0.39, 0.29) is 42.9 Å². The van der Waals surface area contributed by atoms with E-state index in [1.54, 1.807) is 4.90 Å². The van der Waals surface area contributed by atoms with Crippen LogP contribution in [0.25, 0.3) is 0 Å². The zero-order valence-corrected chi connectivity index (χ0v) is 16.0. The first-order valence-electron chi connectivity index (χ1n) is 9.14. The molecule has 0 bridgehead atoms. The van der Waals surface area contributed by atoms with Gasteiger partial charge in [-0.1, -0.05) is 6.07 Å². The maximum absolute atomic E-state index is 12.6. The predicted molar refractivity (Wildman–Crippen MR) is 104 cm³/mol. The van der Waals surface area contributed by atoms with Crippen molar-refractivity contribution in [2.24, 2.45) is 5.73 Å². The van der Waals surface area contributed by atoms with Crippen LogP contribution in [0.15, 0.2) is 24.3 Å². The first-order chi connectivity index (χ1) is 12.1. The fourth-order valence-corrected chi connectivity index (χ4v) is 3.70. The lowest BCUT2D eigenvalue weighted by Crippen LogP contribution is -2.52. The van der Waals surface area contributed by atoms with Gasteiger partial charge in [0, 0.05) is 43.3 Å². The van der Waals surface area contributed by atoms with Crippen molar-refractivity contribution in [3.63, 3.8) is 0 Å². The molecule has 2 fully saturated rings. The SMILES string of the molecule is CC(N)C1CCCCN1C(=O)COc1cccc(N2CCCC2=O)c1.Cl. The highest BCUT2D eigenvalue weighted by atomic mass is 35.5. The summed E-state index contributed by atoms with van der Waals surface area (Å²) < 4.78 is 5.71. The van der Waals surface area contributed by atoms with Gasteiger partial charge in [0.2, 0.25) is 5.91 Å². The van der Waals surface area contributed by atoms with E-state index in [1.807, 2.05) is 36.1 Å². The minimum atomic E-state index is -0.0336. The van der Waals surface area contributed by atoms with E-state index in [2.05, 4.69) is 0 Å². The van der Waals surface area contributed by atoms with Gasteiger partial charge in [0.05, 0.1) is 0 Å². The second kappa shape index (κ2) is 9.24. The van der Waals surface area contributed by atoms with Crippen molar-refractivity contribution < 1.29 is 14.3 Å². The molecule has 26 heavy (non-hydrogen) atoms. The number of rotatable bonds is 5. The van der Waals surface area contributed by atoms with Gasteiger partial charge in [0.15, 0.2) is 6.61 Å². The summed E-state index contributed by atoms with van der Waals surface area (Å²) in [5, 5.41) is 0. The summed E-state index contributed by atoms with van der Waals surface area (Å²) in [6.45, 7) is 3.44. The topological polar surface area (TPSA) is 75.9 Å². The van der Waals surface area contributed by atoms with Gasteiger partial charge in [-0.15, -0.1) is 12.4 Å². The summed E-state index contributed by atoms with van der Waals surface area (Å²) in [5.41, 5.74) is 6.87. The Labute approximate surface area is 161 Å². The Kier molecular flexibility index (Phi) is 7.29. The molecule has 2 atom stereocenters. The van der Waals surface area contributed by atoms with E-state index in [1.165, 1.54) is 0 Å². The summed E-state index contributed by atoms with van der Waals surface area (Å²) in [4.78, 5) is 28.1. The standard InChI is InChI=1S/C19H27N3O3.ClH/c1-14(20)17-8-2-3-10-22(17)19(24)13-25-16-7-4-6-15(12-16)21-11-5-9-18(21)23;/h4,6-7,12,14,17H,2-3,5,8-11,13,20H2,1H3;1H. The van der Waals surface area contributed by atoms with Gasteiger partial charge in [-0.2, -0.15) is 0 Å². The predicted octanol–water partition coefficient (Wildman–Crippen LogP) is 2.34. The molecule has 2 aliphatic heterocycles. The Balaban J connectivity index is 0.00000243. The third-order valence-electron chi connectivity index (χ3n) is 5.04. The zero-order chi connectivity index (χ0) is 17.8. The molecular formula is C19H28ClN3O3. The molecule has 0 saturated carbocycles. The van der Waals surface area contributed by atoms with Crippen molar-refractivity contribution in [3.8, 4) is 5.75 Å². The fourth-order valence-electron chi connectivity index (χ4n) is 3.70. The first kappa shape index (κ1) is 20.5. The van der Waals surface area contributed by atoms with Crippen LogP contribution in [0.3, 0.4) is 0 Å². The van der Waals surface area contributed by atoms with Gasteiger partial charge in [-0.3, -0.25) is 9.59 Å². The van der Waals surface area contributed by atoms with E-state index >= 15 is 0 Å². The van der Waals surface area contributed by atoms with E-state index < -0.39 is 0 Å². The number of carbonyl (C=O) groups excluding carboxylic acids is 2. The number of likely N-dealkylation sites (tertiary alicyclic amines) is 1. The van der Waals surface area contributed by atoms with Gasteiger partial charge in [-0.05, 0) is 44.7 Å². The molecule has 2 aliphatic rings. The zero-order valence-electron chi connectivity index (χ0n) is 15.2. The van der Waals surface area contributed by atoms with Crippen molar-refractivity contribution in [1.29, 1.82) is 0 Å². The summed E-state index contributed by atoms with van der Waals surface area (Å²) in [6, 6.07) is 7.46. The molecule has 2 amide bonds. The van der Waals surface area contributed by atoms with Crippen LogP contribution in [0.5, 0.6) is 5.75 Å². The Hall–Kier alpha value is -1.79. The molecule has 144 valence electrons. The Morgan fingerprint density at radius 2 is 2.12 bits per heavy atom. The highest BCUT2D eigenvalue weighted by Gasteiger charge is 2.29. The van der Waals surface area contributed by atoms with Crippen molar-refractivity contribution in [2.75, 3.05) is 24.6 Å². The lowest BCUT2D eigenvalue weighted by Gasteiger charge is -2.38. The lowest BCUT2D eigenvalue weighted by atomic mass is 9.97. The van der Waals surface area contributed by atoms with Gasteiger partial charge in [0.25, 0.3) is 5.91 Å². The molecule has 7 heteroatoms. The molecule has 2 unspecified atom stereocenters. The molecule has 0 spiro atoms. The van der Waals surface area contributed by atoms with Crippen LogP contribution in [0.2, 0.25) is 0 Å². The minimum Gasteiger partial charge on any atom is -0.484 e. The highest BCUT2D eigenvalue weighted by Crippen LogP contribution is 2.25. The van der Waals surface area contributed by atoms with Crippen molar-refractivity contribution in [1.82, 2.24) is 4.90 Å². The number of benzene rings is 1. The van der Waals surface area contributed by atoms with Crippen molar-refractivity contribution >= 4 is 29.9 Å².